The van der Waals surface area contributed by atoms with Crippen molar-refractivity contribution in [2.75, 3.05) is 39.2 Å². The van der Waals surface area contributed by atoms with E-state index in [1.807, 2.05) is 24.3 Å². The first-order valence-electron chi connectivity index (χ1n) is 10.0. The van der Waals surface area contributed by atoms with Crippen molar-refractivity contribution >= 4 is 34.0 Å². The summed E-state index contributed by atoms with van der Waals surface area (Å²) < 4.78 is 15.5. The van der Waals surface area contributed by atoms with Gasteiger partial charge in [-0.25, -0.2) is 4.98 Å². The van der Waals surface area contributed by atoms with E-state index in [-0.39, 0.29) is 31.3 Å². The van der Waals surface area contributed by atoms with Crippen molar-refractivity contribution in [3.05, 3.63) is 59.5 Å². The average Bonchev–Trinajstić information content (AvgIpc) is 3.49. The van der Waals surface area contributed by atoms with Crippen LogP contribution in [0.15, 0.2) is 52.5 Å². The lowest BCUT2D eigenvalue weighted by atomic mass is 10.3. The number of furan rings is 1. The van der Waals surface area contributed by atoms with Gasteiger partial charge in [0, 0.05) is 37.7 Å². The predicted octanol–water partition coefficient (Wildman–Crippen LogP) is 3.28. The molecule has 0 atom stereocenters. The third-order valence-corrected chi connectivity index (χ3v) is 5.27. The highest BCUT2D eigenvalue weighted by Crippen LogP contribution is 2.24. The molecule has 2 N–H and O–H groups in total. The molecule has 32 heavy (non-hydrogen) atoms. The Labute approximate surface area is 190 Å². The molecule has 2 aromatic heterocycles. The first kappa shape index (κ1) is 23.3. The molecule has 0 aliphatic rings. The molecule has 2 heterocycles. The molecule has 0 aliphatic heterocycles. The first-order valence-corrected chi connectivity index (χ1v) is 10.9. The summed E-state index contributed by atoms with van der Waals surface area (Å²) in [6, 6.07) is 11.0. The zero-order valence-electron chi connectivity index (χ0n) is 18.0. The standard InChI is InChI=1S/C22H26N4O5S/c1-29-13-10-23-20(27)9-11-26(14-18-4-3-12-31-18)21(28)19-15-32-22(25-19)24-16-5-7-17(30-2)8-6-16/h3-8,12,15H,9-11,13-14H2,1-2H3,(H,23,27)(H,24,25). The number of methoxy groups -OCH3 is 2. The number of thiazole rings is 1. The maximum Gasteiger partial charge on any atom is 0.273 e. The second kappa shape index (κ2) is 11.9. The van der Waals surface area contributed by atoms with Crippen molar-refractivity contribution in [3.8, 4) is 5.75 Å². The van der Waals surface area contributed by atoms with Gasteiger partial charge in [-0.2, -0.15) is 0 Å². The zero-order chi connectivity index (χ0) is 22.8. The van der Waals surface area contributed by atoms with Crippen LogP contribution in [-0.4, -0.2) is 55.6 Å². The van der Waals surface area contributed by atoms with E-state index in [9.17, 15) is 9.59 Å². The number of ether oxygens (including phenoxy) is 2. The molecular weight excluding hydrogens is 432 g/mol. The minimum Gasteiger partial charge on any atom is -0.497 e. The van der Waals surface area contributed by atoms with Crippen LogP contribution in [0.4, 0.5) is 10.8 Å². The van der Waals surface area contributed by atoms with Crippen LogP contribution in [0.5, 0.6) is 5.75 Å². The summed E-state index contributed by atoms with van der Waals surface area (Å²) in [5, 5.41) is 8.23. The number of carbonyl (C=O) groups is 2. The number of nitrogens with zero attached hydrogens (tertiary/aromatic N) is 2. The van der Waals surface area contributed by atoms with Crippen LogP contribution in [-0.2, 0) is 16.1 Å². The topological polar surface area (TPSA) is 106 Å². The molecule has 10 heteroatoms. The molecule has 0 unspecified atom stereocenters. The van der Waals surface area contributed by atoms with Crippen LogP contribution in [0.25, 0.3) is 0 Å². The number of benzene rings is 1. The normalized spacial score (nSPS) is 10.6. The SMILES string of the molecule is COCCNC(=O)CCN(Cc1ccco1)C(=O)c1csc(Nc2ccc(OC)cc2)n1. The van der Waals surface area contributed by atoms with E-state index in [0.717, 1.165) is 11.4 Å². The second-order valence-corrected chi connectivity index (χ2v) is 7.65. The molecule has 0 radical (unpaired) electrons. The number of carbonyl (C=O) groups excluding carboxylic acids is 2. The highest BCUT2D eigenvalue weighted by molar-refractivity contribution is 7.14. The van der Waals surface area contributed by atoms with Crippen molar-refractivity contribution in [2.24, 2.45) is 0 Å². The van der Waals surface area contributed by atoms with Gasteiger partial charge >= 0.3 is 0 Å². The fraction of sp³-hybridized carbons (Fsp3) is 0.318. The molecule has 1 aromatic carbocycles. The summed E-state index contributed by atoms with van der Waals surface area (Å²) in [5.41, 5.74) is 1.14. The molecule has 9 nitrogen and oxygen atoms in total. The van der Waals surface area contributed by atoms with Crippen LogP contribution in [0.3, 0.4) is 0 Å². The van der Waals surface area contributed by atoms with Crippen molar-refractivity contribution in [3.63, 3.8) is 0 Å². The van der Waals surface area contributed by atoms with E-state index in [0.29, 0.717) is 29.7 Å². The summed E-state index contributed by atoms with van der Waals surface area (Å²) in [6.07, 6.45) is 1.71. The molecule has 170 valence electrons. The Hall–Kier alpha value is -3.37. The van der Waals surface area contributed by atoms with Gasteiger partial charge in [-0.3, -0.25) is 9.59 Å². The number of anilines is 2. The quantitative estimate of drug-likeness (QED) is 0.401. The highest BCUT2D eigenvalue weighted by atomic mass is 32.1. The molecule has 0 saturated carbocycles. The number of hydrogen-bond acceptors (Lipinski definition) is 8. The Morgan fingerprint density at radius 1 is 1.19 bits per heavy atom. The van der Waals surface area contributed by atoms with E-state index in [1.165, 1.54) is 11.3 Å². The molecule has 0 bridgehead atoms. The van der Waals surface area contributed by atoms with Crippen LogP contribution in [0.2, 0.25) is 0 Å². The van der Waals surface area contributed by atoms with Crippen LogP contribution in [0.1, 0.15) is 22.7 Å². The average molecular weight is 459 g/mol. The van der Waals surface area contributed by atoms with E-state index < -0.39 is 0 Å². The largest absolute Gasteiger partial charge is 0.497 e. The Balaban J connectivity index is 1.64. The summed E-state index contributed by atoms with van der Waals surface area (Å²) in [6.45, 7) is 1.34. The van der Waals surface area contributed by atoms with Crippen LogP contribution in [0, 0.1) is 0 Å². The maximum atomic E-state index is 13.1. The monoisotopic (exact) mass is 458 g/mol. The fourth-order valence-electron chi connectivity index (χ4n) is 2.85. The Bertz CT molecular complexity index is 988. The summed E-state index contributed by atoms with van der Waals surface area (Å²) in [5.74, 6) is 0.958. The lowest BCUT2D eigenvalue weighted by Crippen LogP contribution is -2.35. The first-order chi connectivity index (χ1) is 15.6. The van der Waals surface area contributed by atoms with Gasteiger partial charge in [0.05, 0.1) is 26.5 Å². The number of amides is 2. The second-order valence-electron chi connectivity index (χ2n) is 6.79. The van der Waals surface area contributed by atoms with E-state index in [2.05, 4.69) is 15.6 Å². The zero-order valence-corrected chi connectivity index (χ0v) is 18.8. The van der Waals surface area contributed by atoms with E-state index in [4.69, 9.17) is 13.9 Å². The molecule has 0 spiro atoms. The minimum atomic E-state index is -0.273. The molecule has 3 aromatic rings. The van der Waals surface area contributed by atoms with E-state index in [1.54, 1.807) is 42.9 Å². The molecule has 2 amide bonds. The summed E-state index contributed by atoms with van der Waals surface area (Å²) in [4.78, 5) is 31.2. The molecule has 0 aliphatic carbocycles. The van der Waals surface area contributed by atoms with Gasteiger partial charge in [0.1, 0.15) is 17.2 Å². The van der Waals surface area contributed by atoms with Gasteiger partial charge in [-0.1, -0.05) is 0 Å². The predicted molar refractivity (Wildman–Crippen MR) is 121 cm³/mol. The van der Waals surface area contributed by atoms with Gasteiger partial charge in [0.15, 0.2) is 5.13 Å². The van der Waals surface area contributed by atoms with Crippen LogP contribution >= 0.6 is 11.3 Å². The van der Waals surface area contributed by atoms with Crippen molar-refractivity contribution < 1.29 is 23.5 Å². The van der Waals surface area contributed by atoms with Crippen molar-refractivity contribution in [2.45, 2.75) is 13.0 Å². The van der Waals surface area contributed by atoms with E-state index >= 15 is 0 Å². The van der Waals surface area contributed by atoms with Gasteiger partial charge in [-0.05, 0) is 36.4 Å². The summed E-state index contributed by atoms with van der Waals surface area (Å²) >= 11 is 1.33. The molecule has 0 saturated heterocycles. The Morgan fingerprint density at radius 3 is 2.69 bits per heavy atom. The fourth-order valence-corrected chi connectivity index (χ4v) is 3.55. The van der Waals surface area contributed by atoms with Gasteiger partial charge in [-0.15, -0.1) is 11.3 Å². The maximum absolute atomic E-state index is 13.1. The van der Waals surface area contributed by atoms with Crippen molar-refractivity contribution in [1.82, 2.24) is 15.2 Å². The lowest BCUT2D eigenvalue weighted by Gasteiger charge is -2.20. The smallest absolute Gasteiger partial charge is 0.273 e. The number of nitrogens with one attached hydrogen (secondary N) is 2. The van der Waals surface area contributed by atoms with Gasteiger partial charge < -0.3 is 29.4 Å². The number of rotatable bonds is 12. The Kier molecular flexibility index (Phi) is 8.64. The van der Waals surface area contributed by atoms with Gasteiger partial charge in [0.25, 0.3) is 5.91 Å². The third kappa shape index (κ3) is 6.82. The highest BCUT2D eigenvalue weighted by Gasteiger charge is 2.21. The molecule has 3 rings (SSSR count). The lowest BCUT2D eigenvalue weighted by molar-refractivity contribution is -0.121. The summed E-state index contributed by atoms with van der Waals surface area (Å²) in [7, 11) is 3.18. The minimum absolute atomic E-state index is 0.153. The van der Waals surface area contributed by atoms with Crippen molar-refractivity contribution in [1.29, 1.82) is 0 Å². The molecule has 0 fully saturated rings. The number of aromatic nitrogens is 1. The van der Waals surface area contributed by atoms with Gasteiger partial charge in [0.2, 0.25) is 5.91 Å². The third-order valence-electron chi connectivity index (χ3n) is 4.52. The Morgan fingerprint density at radius 2 is 2.00 bits per heavy atom. The molecular formula is C22H26N4O5S. The number of hydrogen-bond donors (Lipinski definition) is 2. The van der Waals surface area contributed by atoms with Crippen LogP contribution < -0.4 is 15.4 Å².